The molecule has 104 valence electrons. The zero-order valence-corrected chi connectivity index (χ0v) is 12.5. The van der Waals surface area contributed by atoms with Crippen LogP contribution in [0.3, 0.4) is 0 Å². The predicted octanol–water partition coefficient (Wildman–Crippen LogP) is 3.58. The van der Waals surface area contributed by atoms with Gasteiger partial charge in [0.2, 0.25) is 5.91 Å². The van der Waals surface area contributed by atoms with Gasteiger partial charge >= 0.3 is 0 Å². The molecule has 0 heterocycles. The Balaban J connectivity index is 1.92. The third-order valence-electron chi connectivity index (χ3n) is 3.59. The van der Waals surface area contributed by atoms with Crippen molar-refractivity contribution in [1.82, 2.24) is 5.32 Å². The summed E-state index contributed by atoms with van der Waals surface area (Å²) in [5.41, 5.74) is 0.458. The first-order valence-electron chi connectivity index (χ1n) is 6.83. The quantitative estimate of drug-likeness (QED) is 0.667. The van der Waals surface area contributed by atoms with Crippen molar-refractivity contribution in [2.45, 2.75) is 49.4 Å². The van der Waals surface area contributed by atoms with Crippen LogP contribution in [0, 0.1) is 5.82 Å². The van der Waals surface area contributed by atoms with E-state index in [-0.39, 0.29) is 24.2 Å². The summed E-state index contributed by atoms with van der Waals surface area (Å²) in [5.74, 6) is -0.407. The van der Waals surface area contributed by atoms with Crippen LogP contribution in [0.2, 0.25) is 0 Å². The maximum atomic E-state index is 13.5. The number of carbonyl (C=O) groups excluding carboxylic acids is 1. The molecule has 2 nitrogen and oxygen atoms in total. The fraction of sp³-hybridized carbons (Fsp3) is 0.533. The number of nitrogens with one attached hydrogen (secondary N) is 1. The Bertz CT molecular complexity index is 438. The topological polar surface area (TPSA) is 29.1 Å². The average molecular weight is 328 g/mol. The molecule has 0 radical (unpaired) electrons. The number of amides is 1. The Labute approximate surface area is 121 Å². The van der Waals surface area contributed by atoms with Crippen LogP contribution in [-0.4, -0.2) is 16.8 Å². The number of halogens is 2. The van der Waals surface area contributed by atoms with E-state index in [1.165, 1.54) is 18.9 Å². The van der Waals surface area contributed by atoms with Gasteiger partial charge in [0.25, 0.3) is 0 Å². The summed E-state index contributed by atoms with van der Waals surface area (Å²) >= 11 is 3.64. The maximum Gasteiger partial charge on any atom is 0.224 e. The Hall–Kier alpha value is -0.900. The third-order valence-corrected chi connectivity index (χ3v) is 4.68. The summed E-state index contributed by atoms with van der Waals surface area (Å²) in [4.78, 5) is 12.3. The van der Waals surface area contributed by atoms with Gasteiger partial charge in [-0.05, 0) is 24.5 Å². The van der Waals surface area contributed by atoms with Gasteiger partial charge in [-0.15, -0.1) is 0 Å². The molecule has 0 aliphatic heterocycles. The van der Waals surface area contributed by atoms with Crippen molar-refractivity contribution < 1.29 is 9.18 Å². The van der Waals surface area contributed by atoms with Crippen LogP contribution in [-0.2, 0) is 11.2 Å². The van der Waals surface area contributed by atoms with Crippen molar-refractivity contribution in [3.8, 4) is 0 Å². The highest BCUT2D eigenvalue weighted by atomic mass is 79.9. The number of rotatable bonds is 3. The Kier molecular flexibility index (Phi) is 5.37. The van der Waals surface area contributed by atoms with Crippen LogP contribution in [0.1, 0.15) is 37.7 Å². The van der Waals surface area contributed by atoms with Crippen LogP contribution < -0.4 is 5.32 Å². The number of benzene rings is 1. The van der Waals surface area contributed by atoms with Crippen molar-refractivity contribution in [2.24, 2.45) is 0 Å². The van der Waals surface area contributed by atoms with Gasteiger partial charge in [-0.25, -0.2) is 4.39 Å². The second-order valence-corrected chi connectivity index (χ2v) is 6.27. The number of carbonyl (C=O) groups is 1. The average Bonchev–Trinajstić information content (AvgIpc) is 2.58. The number of alkyl halides is 1. The lowest BCUT2D eigenvalue weighted by molar-refractivity contribution is -0.121. The molecule has 0 aromatic heterocycles. The molecular formula is C15H19BrFNO. The normalized spacial score (nSPS) is 23.7. The molecule has 1 amide bonds. The van der Waals surface area contributed by atoms with E-state index in [2.05, 4.69) is 21.2 Å². The highest BCUT2D eigenvalue weighted by Crippen LogP contribution is 2.23. The van der Waals surface area contributed by atoms with Crippen molar-refractivity contribution in [1.29, 1.82) is 0 Å². The van der Waals surface area contributed by atoms with Crippen molar-refractivity contribution in [2.75, 3.05) is 0 Å². The van der Waals surface area contributed by atoms with Gasteiger partial charge < -0.3 is 5.32 Å². The first-order chi connectivity index (χ1) is 9.16. The van der Waals surface area contributed by atoms with E-state index < -0.39 is 0 Å². The molecule has 1 saturated carbocycles. The van der Waals surface area contributed by atoms with Crippen molar-refractivity contribution >= 4 is 21.8 Å². The van der Waals surface area contributed by atoms with Gasteiger partial charge in [-0.1, -0.05) is 53.4 Å². The van der Waals surface area contributed by atoms with E-state index in [9.17, 15) is 9.18 Å². The summed E-state index contributed by atoms with van der Waals surface area (Å²) in [6, 6.07) is 6.61. The molecule has 1 aromatic rings. The van der Waals surface area contributed by atoms with Gasteiger partial charge in [0.1, 0.15) is 5.82 Å². The molecule has 2 unspecified atom stereocenters. The van der Waals surface area contributed by atoms with Crippen LogP contribution in [0.25, 0.3) is 0 Å². The van der Waals surface area contributed by atoms with Crippen LogP contribution in [0.4, 0.5) is 4.39 Å². The fourth-order valence-electron chi connectivity index (χ4n) is 2.50. The van der Waals surface area contributed by atoms with E-state index in [0.29, 0.717) is 10.4 Å². The largest absolute Gasteiger partial charge is 0.352 e. The van der Waals surface area contributed by atoms with Crippen molar-refractivity contribution in [3.05, 3.63) is 35.6 Å². The molecule has 2 rings (SSSR count). The summed E-state index contributed by atoms with van der Waals surface area (Å²) in [6.07, 6.45) is 5.77. The Morgan fingerprint density at radius 1 is 1.26 bits per heavy atom. The Morgan fingerprint density at radius 3 is 2.79 bits per heavy atom. The molecule has 1 aliphatic rings. The molecular weight excluding hydrogens is 309 g/mol. The molecule has 19 heavy (non-hydrogen) atoms. The minimum Gasteiger partial charge on any atom is -0.352 e. The molecule has 0 bridgehead atoms. The lowest BCUT2D eigenvalue weighted by atomic mass is 10.1. The third kappa shape index (κ3) is 4.30. The van der Waals surface area contributed by atoms with E-state index in [1.54, 1.807) is 18.2 Å². The zero-order valence-electron chi connectivity index (χ0n) is 10.9. The first kappa shape index (κ1) is 14.5. The predicted molar refractivity (Wildman–Crippen MR) is 77.8 cm³/mol. The summed E-state index contributed by atoms with van der Waals surface area (Å²) in [5, 5.41) is 3.03. The van der Waals surface area contributed by atoms with Gasteiger partial charge in [0.15, 0.2) is 0 Å². The highest BCUT2D eigenvalue weighted by molar-refractivity contribution is 9.09. The standard InChI is InChI=1S/C15H19BrFNO/c16-12-7-2-1-3-9-14(12)18-15(19)10-11-6-4-5-8-13(11)17/h4-6,8,12,14H,1-3,7,9-10H2,(H,18,19). The van der Waals surface area contributed by atoms with E-state index in [0.717, 1.165) is 19.3 Å². The molecule has 1 fully saturated rings. The molecule has 0 saturated heterocycles. The van der Waals surface area contributed by atoms with Crippen LogP contribution in [0.15, 0.2) is 24.3 Å². The fourth-order valence-corrected chi connectivity index (χ4v) is 3.22. The monoisotopic (exact) mass is 327 g/mol. The van der Waals surface area contributed by atoms with Gasteiger partial charge in [0, 0.05) is 10.9 Å². The van der Waals surface area contributed by atoms with Crippen molar-refractivity contribution in [3.63, 3.8) is 0 Å². The van der Waals surface area contributed by atoms with Gasteiger partial charge in [0.05, 0.1) is 6.42 Å². The zero-order chi connectivity index (χ0) is 13.7. The minimum absolute atomic E-state index is 0.0959. The lowest BCUT2D eigenvalue weighted by Gasteiger charge is -2.21. The summed E-state index contributed by atoms with van der Waals surface area (Å²) in [7, 11) is 0. The molecule has 2 atom stereocenters. The highest BCUT2D eigenvalue weighted by Gasteiger charge is 2.23. The smallest absolute Gasteiger partial charge is 0.224 e. The van der Waals surface area contributed by atoms with Gasteiger partial charge in [-0.2, -0.15) is 0 Å². The lowest BCUT2D eigenvalue weighted by Crippen LogP contribution is -2.41. The molecule has 1 aromatic carbocycles. The van der Waals surface area contributed by atoms with Gasteiger partial charge in [-0.3, -0.25) is 4.79 Å². The van der Waals surface area contributed by atoms with E-state index >= 15 is 0 Å². The van der Waals surface area contributed by atoms with Crippen LogP contribution >= 0.6 is 15.9 Å². The Morgan fingerprint density at radius 2 is 2.00 bits per heavy atom. The summed E-state index contributed by atoms with van der Waals surface area (Å²) < 4.78 is 13.5. The maximum absolute atomic E-state index is 13.5. The minimum atomic E-state index is -0.311. The van der Waals surface area contributed by atoms with E-state index in [4.69, 9.17) is 0 Å². The second kappa shape index (κ2) is 7.04. The number of hydrogen-bond acceptors (Lipinski definition) is 1. The molecule has 0 spiro atoms. The van der Waals surface area contributed by atoms with Crippen LogP contribution in [0.5, 0.6) is 0 Å². The first-order valence-corrected chi connectivity index (χ1v) is 7.75. The molecule has 1 aliphatic carbocycles. The SMILES string of the molecule is O=C(Cc1ccccc1F)NC1CCCCCC1Br. The van der Waals surface area contributed by atoms with E-state index in [1.807, 2.05) is 0 Å². The number of hydrogen-bond donors (Lipinski definition) is 1. The molecule has 1 N–H and O–H groups in total. The summed E-state index contributed by atoms with van der Waals surface area (Å²) in [6.45, 7) is 0. The second-order valence-electron chi connectivity index (χ2n) is 5.10. The molecule has 4 heteroatoms.